The molecule has 0 aromatic carbocycles. The first-order valence-electron chi connectivity index (χ1n) is 5.28. The Morgan fingerprint density at radius 1 is 1.30 bits per heavy atom. The Morgan fingerprint density at radius 3 is 2.30 bits per heavy atom. The van der Waals surface area contributed by atoms with Crippen LogP contribution in [0.2, 0.25) is 0 Å². The predicted octanol–water partition coefficient (Wildman–Crippen LogP) is 2.99. The van der Waals surface area contributed by atoms with Crippen molar-refractivity contribution in [3.05, 3.63) is 16.0 Å². The first-order valence-corrected chi connectivity index (χ1v) is 6.10. The second-order valence-electron chi connectivity index (χ2n) is 3.86. The van der Waals surface area contributed by atoms with Crippen molar-refractivity contribution >= 4 is 28.2 Å². The highest BCUT2D eigenvalue weighted by atomic mass is 32.1. The molecule has 9 heteroatoms. The fraction of sp³-hybridized carbons (Fsp3) is 0.455. The number of anilines is 1. The van der Waals surface area contributed by atoms with Gasteiger partial charge in [0.05, 0.1) is 12.7 Å². The van der Waals surface area contributed by atoms with Crippen LogP contribution in [-0.4, -0.2) is 31.3 Å². The summed E-state index contributed by atoms with van der Waals surface area (Å²) in [6, 6.07) is 0. The number of ether oxygens (including phenoxy) is 1. The Labute approximate surface area is 115 Å². The summed E-state index contributed by atoms with van der Waals surface area (Å²) in [4.78, 5) is 23.3. The summed E-state index contributed by atoms with van der Waals surface area (Å²) in [5.74, 6) is -7.85. The largest absolute Gasteiger partial charge is 0.465 e. The van der Waals surface area contributed by atoms with E-state index in [-0.39, 0.29) is 10.6 Å². The van der Waals surface area contributed by atoms with E-state index >= 15 is 0 Å². The van der Waals surface area contributed by atoms with Crippen LogP contribution >= 0.6 is 11.3 Å². The highest BCUT2D eigenvalue weighted by molar-refractivity contribution is 7.16. The van der Waals surface area contributed by atoms with Gasteiger partial charge in [-0.3, -0.25) is 4.79 Å². The van der Waals surface area contributed by atoms with Gasteiger partial charge in [0.2, 0.25) is 0 Å². The molecule has 1 amide bonds. The maximum absolute atomic E-state index is 12.9. The van der Waals surface area contributed by atoms with Gasteiger partial charge < -0.3 is 10.1 Å². The molecule has 0 unspecified atom stereocenters. The lowest BCUT2D eigenvalue weighted by Gasteiger charge is -2.14. The Balaban J connectivity index is 3.14. The molecule has 0 fully saturated rings. The molecule has 1 rings (SSSR count). The van der Waals surface area contributed by atoms with Crippen molar-refractivity contribution in [3.8, 4) is 0 Å². The van der Waals surface area contributed by atoms with Crippen LogP contribution in [0.3, 0.4) is 0 Å². The van der Waals surface area contributed by atoms with E-state index in [1.165, 1.54) is 6.92 Å². The lowest BCUT2D eigenvalue weighted by molar-refractivity contribution is -0.163. The van der Waals surface area contributed by atoms with Gasteiger partial charge in [-0.15, -0.1) is 11.3 Å². The van der Waals surface area contributed by atoms with E-state index in [9.17, 15) is 27.2 Å². The molecule has 4 nitrogen and oxygen atoms in total. The zero-order valence-corrected chi connectivity index (χ0v) is 11.5. The van der Waals surface area contributed by atoms with Crippen LogP contribution < -0.4 is 5.32 Å². The number of nitrogens with one attached hydrogen (secondary N) is 1. The number of carbonyl (C=O) groups excluding carboxylic acids is 2. The van der Waals surface area contributed by atoms with Crippen LogP contribution in [0.5, 0.6) is 0 Å². The molecule has 0 radical (unpaired) electrons. The van der Waals surface area contributed by atoms with Crippen LogP contribution in [0.4, 0.5) is 22.6 Å². The zero-order valence-electron chi connectivity index (χ0n) is 10.7. The third kappa shape index (κ3) is 2.92. The molecule has 0 atom stereocenters. The maximum Gasteiger partial charge on any atom is 0.383 e. The molecule has 1 N–H and O–H groups in total. The molecule has 1 aromatic heterocycles. The Kier molecular flexibility index (Phi) is 4.74. The molecule has 0 saturated carbocycles. The molecular weight excluding hydrogens is 302 g/mol. The second-order valence-corrected chi connectivity index (χ2v) is 5.08. The number of thiophene rings is 1. The standard InChI is InChI=1S/C11H11F4NO3S/c1-4-5(2)20-7(6(4)8(17)19-3)16-10(18)11(14,15)9(12)13/h9H,1-3H3,(H,16,18). The predicted molar refractivity (Wildman–Crippen MR) is 64.7 cm³/mol. The summed E-state index contributed by atoms with van der Waals surface area (Å²) in [6.07, 6.45) is -4.13. The average molecular weight is 313 g/mol. The first kappa shape index (κ1) is 16.4. The van der Waals surface area contributed by atoms with Crippen LogP contribution in [0, 0.1) is 13.8 Å². The number of rotatable bonds is 4. The van der Waals surface area contributed by atoms with Gasteiger partial charge in [0.25, 0.3) is 0 Å². The van der Waals surface area contributed by atoms with E-state index in [0.29, 0.717) is 10.4 Å². The van der Waals surface area contributed by atoms with Gasteiger partial charge in [-0.1, -0.05) is 0 Å². The van der Waals surface area contributed by atoms with Crippen molar-refractivity contribution in [1.29, 1.82) is 0 Å². The van der Waals surface area contributed by atoms with Crippen LogP contribution in [0.25, 0.3) is 0 Å². The first-order chi connectivity index (χ1) is 9.12. The minimum Gasteiger partial charge on any atom is -0.465 e. The van der Waals surface area contributed by atoms with Crippen molar-refractivity contribution in [2.45, 2.75) is 26.2 Å². The number of alkyl halides is 4. The maximum atomic E-state index is 12.9. The number of hydrogen-bond donors (Lipinski definition) is 1. The summed E-state index contributed by atoms with van der Waals surface area (Å²) in [5, 5.41) is 1.42. The number of aryl methyl sites for hydroxylation is 1. The molecule has 20 heavy (non-hydrogen) atoms. The van der Waals surface area contributed by atoms with Gasteiger partial charge >= 0.3 is 24.2 Å². The number of hydrogen-bond acceptors (Lipinski definition) is 4. The van der Waals surface area contributed by atoms with Crippen molar-refractivity contribution in [2.75, 3.05) is 12.4 Å². The summed E-state index contributed by atoms with van der Waals surface area (Å²) >= 11 is 0.830. The number of esters is 1. The smallest absolute Gasteiger partial charge is 0.383 e. The third-order valence-corrected chi connectivity index (χ3v) is 3.70. The van der Waals surface area contributed by atoms with Crippen molar-refractivity contribution in [1.82, 2.24) is 0 Å². The molecule has 0 aliphatic heterocycles. The molecule has 0 aliphatic carbocycles. The molecule has 112 valence electrons. The quantitative estimate of drug-likeness (QED) is 0.687. The Hall–Kier alpha value is -1.64. The number of halogens is 4. The summed E-state index contributed by atoms with van der Waals surface area (Å²) in [7, 11) is 1.08. The molecular formula is C11H11F4NO3S. The van der Waals surface area contributed by atoms with Gasteiger partial charge in [-0.05, 0) is 19.4 Å². The molecule has 0 spiro atoms. The molecule has 0 saturated heterocycles. The van der Waals surface area contributed by atoms with Crippen molar-refractivity contribution < 1.29 is 31.9 Å². The molecule has 0 aliphatic rings. The van der Waals surface area contributed by atoms with Gasteiger partial charge in [-0.2, -0.15) is 8.78 Å². The Bertz CT molecular complexity index is 542. The topological polar surface area (TPSA) is 55.4 Å². The second kappa shape index (κ2) is 5.78. The van der Waals surface area contributed by atoms with Crippen LogP contribution in [0.15, 0.2) is 0 Å². The van der Waals surface area contributed by atoms with Gasteiger partial charge in [0.1, 0.15) is 5.00 Å². The average Bonchev–Trinajstić information content (AvgIpc) is 2.63. The summed E-state index contributed by atoms with van der Waals surface area (Å²) in [5.41, 5.74) is 0.311. The number of amides is 1. The van der Waals surface area contributed by atoms with Crippen LogP contribution in [0.1, 0.15) is 20.8 Å². The molecule has 1 aromatic rings. The van der Waals surface area contributed by atoms with E-state index in [1.807, 2.05) is 0 Å². The monoisotopic (exact) mass is 313 g/mol. The van der Waals surface area contributed by atoms with Crippen molar-refractivity contribution in [3.63, 3.8) is 0 Å². The lowest BCUT2D eigenvalue weighted by atomic mass is 10.1. The third-order valence-electron chi connectivity index (χ3n) is 2.58. The van der Waals surface area contributed by atoms with E-state index in [2.05, 4.69) is 4.74 Å². The van der Waals surface area contributed by atoms with E-state index in [4.69, 9.17) is 0 Å². The van der Waals surface area contributed by atoms with Gasteiger partial charge in [-0.25, -0.2) is 13.6 Å². The number of carbonyl (C=O) groups is 2. The fourth-order valence-electron chi connectivity index (χ4n) is 1.35. The fourth-order valence-corrected chi connectivity index (χ4v) is 2.39. The summed E-state index contributed by atoms with van der Waals surface area (Å²) in [6.45, 7) is 3.12. The molecule has 0 bridgehead atoms. The normalized spacial score (nSPS) is 11.6. The summed E-state index contributed by atoms with van der Waals surface area (Å²) < 4.78 is 54.4. The van der Waals surface area contributed by atoms with Gasteiger partial charge in [0.15, 0.2) is 0 Å². The SMILES string of the molecule is COC(=O)c1c(NC(=O)C(F)(F)C(F)F)sc(C)c1C. The molecule has 1 heterocycles. The van der Waals surface area contributed by atoms with Crippen molar-refractivity contribution in [2.24, 2.45) is 0 Å². The zero-order chi connectivity index (χ0) is 15.7. The van der Waals surface area contributed by atoms with Crippen LogP contribution in [-0.2, 0) is 9.53 Å². The lowest BCUT2D eigenvalue weighted by Crippen LogP contribution is -2.41. The van der Waals surface area contributed by atoms with Gasteiger partial charge in [0, 0.05) is 4.88 Å². The van der Waals surface area contributed by atoms with E-state index < -0.39 is 24.2 Å². The minimum absolute atomic E-state index is 0.117. The Morgan fingerprint density at radius 2 is 1.85 bits per heavy atom. The van der Waals surface area contributed by atoms with E-state index in [0.717, 1.165) is 18.4 Å². The van der Waals surface area contributed by atoms with E-state index in [1.54, 1.807) is 12.2 Å². The highest BCUT2D eigenvalue weighted by Gasteiger charge is 2.49. The minimum atomic E-state index is -4.83. The highest BCUT2D eigenvalue weighted by Crippen LogP contribution is 2.34. The number of methoxy groups -OCH3 is 1.